The number of carboxylic acid groups (broad SMARTS) is 1. The van der Waals surface area contributed by atoms with Crippen molar-refractivity contribution in [2.75, 3.05) is 13.1 Å². The van der Waals surface area contributed by atoms with Crippen molar-refractivity contribution in [1.29, 1.82) is 0 Å². The van der Waals surface area contributed by atoms with Crippen LogP contribution >= 0.6 is 0 Å². The first-order valence-corrected chi connectivity index (χ1v) is 4.87. The number of unbranched alkanes of at least 4 members (excludes halogenated alkanes) is 3. The van der Waals surface area contributed by atoms with E-state index in [0.717, 1.165) is 6.54 Å². The number of hydrogen-bond acceptors (Lipinski definition) is 2. The molecule has 13 heavy (non-hydrogen) atoms. The fourth-order valence-electron chi connectivity index (χ4n) is 1.02. The van der Waals surface area contributed by atoms with Crippen LogP contribution in [0.4, 0.5) is 0 Å². The van der Waals surface area contributed by atoms with Crippen molar-refractivity contribution < 1.29 is 9.90 Å². The number of aliphatic carboxylic acids is 1. The maximum atomic E-state index is 10.1. The highest BCUT2D eigenvalue weighted by atomic mass is 16.4. The number of carbonyl (C=O) groups is 1. The molecule has 0 aliphatic carbocycles. The van der Waals surface area contributed by atoms with Crippen molar-refractivity contribution >= 4 is 5.97 Å². The summed E-state index contributed by atoms with van der Waals surface area (Å²) in [5, 5.41) is 11.4. The highest BCUT2D eigenvalue weighted by molar-refractivity contribution is 5.79. The fraction of sp³-hybridized carbons (Fsp3) is 0.700. The van der Waals surface area contributed by atoms with Gasteiger partial charge in [0.1, 0.15) is 0 Å². The van der Waals surface area contributed by atoms with Crippen molar-refractivity contribution in [2.24, 2.45) is 0 Å². The van der Waals surface area contributed by atoms with Crippen LogP contribution in [-0.2, 0) is 4.79 Å². The molecule has 0 spiro atoms. The fourth-order valence-corrected chi connectivity index (χ4v) is 1.02. The first-order chi connectivity index (χ1) is 6.27. The molecule has 0 saturated heterocycles. The van der Waals surface area contributed by atoms with Crippen LogP contribution in [0.2, 0.25) is 0 Å². The van der Waals surface area contributed by atoms with E-state index in [1.54, 1.807) is 6.08 Å². The molecule has 2 N–H and O–H groups in total. The minimum Gasteiger partial charge on any atom is -0.478 e. The van der Waals surface area contributed by atoms with Crippen LogP contribution in [-0.4, -0.2) is 24.2 Å². The maximum Gasteiger partial charge on any atom is 0.328 e. The summed E-state index contributed by atoms with van der Waals surface area (Å²) >= 11 is 0. The van der Waals surface area contributed by atoms with Crippen LogP contribution in [0.1, 0.15) is 32.6 Å². The Morgan fingerprint density at radius 1 is 1.38 bits per heavy atom. The number of carboxylic acids is 1. The van der Waals surface area contributed by atoms with E-state index < -0.39 is 5.97 Å². The van der Waals surface area contributed by atoms with E-state index in [2.05, 4.69) is 12.2 Å². The topological polar surface area (TPSA) is 49.3 Å². The normalized spacial score (nSPS) is 10.8. The average Bonchev–Trinajstić information content (AvgIpc) is 2.09. The second kappa shape index (κ2) is 9.26. The third kappa shape index (κ3) is 11.2. The van der Waals surface area contributed by atoms with Crippen LogP contribution in [0.25, 0.3) is 0 Å². The molecule has 0 atom stereocenters. The Morgan fingerprint density at radius 3 is 2.77 bits per heavy atom. The molecule has 0 rings (SSSR count). The van der Waals surface area contributed by atoms with Crippen LogP contribution in [0, 0.1) is 0 Å². The summed E-state index contributed by atoms with van der Waals surface area (Å²) in [5.74, 6) is -0.882. The van der Waals surface area contributed by atoms with Crippen molar-refractivity contribution in [1.82, 2.24) is 5.32 Å². The van der Waals surface area contributed by atoms with E-state index >= 15 is 0 Å². The smallest absolute Gasteiger partial charge is 0.328 e. The maximum absolute atomic E-state index is 10.1. The molecule has 0 bridgehead atoms. The highest BCUT2D eigenvalue weighted by Crippen LogP contribution is 1.96. The molecule has 0 radical (unpaired) electrons. The van der Waals surface area contributed by atoms with Crippen molar-refractivity contribution in [3.05, 3.63) is 12.2 Å². The lowest BCUT2D eigenvalue weighted by atomic mass is 10.2. The third-order valence-corrected chi connectivity index (χ3v) is 1.73. The summed E-state index contributed by atoms with van der Waals surface area (Å²) in [5.41, 5.74) is 0. The van der Waals surface area contributed by atoms with Gasteiger partial charge in [0.2, 0.25) is 0 Å². The summed E-state index contributed by atoms with van der Waals surface area (Å²) in [6, 6.07) is 0. The average molecular weight is 185 g/mol. The summed E-state index contributed by atoms with van der Waals surface area (Å²) in [6.07, 6.45) is 7.76. The Kier molecular flexibility index (Phi) is 8.67. The van der Waals surface area contributed by atoms with Crippen LogP contribution in [0.5, 0.6) is 0 Å². The molecule has 0 aromatic heterocycles. The van der Waals surface area contributed by atoms with Gasteiger partial charge >= 0.3 is 5.97 Å². The molecule has 0 amide bonds. The van der Waals surface area contributed by atoms with Crippen molar-refractivity contribution in [3.8, 4) is 0 Å². The highest BCUT2D eigenvalue weighted by Gasteiger charge is 1.87. The molecule has 0 aromatic rings. The van der Waals surface area contributed by atoms with Crippen molar-refractivity contribution in [2.45, 2.75) is 32.6 Å². The minimum absolute atomic E-state index is 0.651. The summed E-state index contributed by atoms with van der Waals surface area (Å²) in [7, 11) is 0. The number of hydrogen-bond donors (Lipinski definition) is 2. The second-order valence-corrected chi connectivity index (χ2v) is 3.01. The molecule has 3 heteroatoms. The zero-order valence-corrected chi connectivity index (χ0v) is 8.25. The predicted octanol–water partition coefficient (Wildman–Crippen LogP) is 1.80. The van der Waals surface area contributed by atoms with Crippen LogP contribution in [0.15, 0.2) is 12.2 Å². The largest absolute Gasteiger partial charge is 0.478 e. The third-order valence-electron chi connectivity index (χ3n) is 1.73. The standard InChI is InChI=1S/C10H19NO2/c1-2-3-4-5-8-11-9-6-7-10(12)13/h6-7,11H,2-5,8-9H2,1H3,(H,12,13)/b7-6+. The van der Waals surface area contributed by atoms with E-state index in [-0.39, 0.29) is 0 Å². The molecular weight excluding hydrogens is 166 g/mol. The molecular formula is C10H19NO2. The van der Waals surface area contributed by atoms with E-state index in [9.17, 15) is 4.79 Å². The van der Waals surface area contributed by atoms with E-state index in [1.807, 2.05) is 0 Å². The molecule has 0 aliphatic heterocycles. The number of rotatable bonds is 8. The Hall–Kier alpha value is -0.830. The Bertz CT molecular complexity index is 155. The summed E-state index contributed by atoms with van der Waals surface area (Å²) < 4.78 is 0. The first kappa shape index (κ1) is 12.2. The van der Waals surface area contributed by atoms with Gasteiger partial charge in [0.05, 0.1) is 0 Å². The Labute approximate surface area is 79.8 Å². The van der Waals surface area contributed by atoms with Gasteiger partial charge < -0.3 is 10.4 Å². The van der Waals surface area contributed by atoms with Gasteiger partial charge in [-0.2, -0.15) is 0 Å². The SMILES string of the molecule is CCCCCCNC/C=C/C(=O)O. The lowest BCUT2D eigenvalue weighted by Crippen LogP contribution is -2.15. The minimum atomic E-state index is -0.882. The molecule has 76 valence electrons. The van der Waals surface area contributed by atoms with E-state index in [1.165, 1.54) is 31.8 Å². The lowest BCUT2D eigenvalue weighted by molar-refractivity contribution is -0.131. The number of nitrogens with one attached hydrogen (secondary N) is 1. The first-order valence-electron chi connectivity index (χ1n) is 4.87. The van der Waals surface area contributed by atoms with Gasteiger partial charge in [-0.15, -0.1) is 0 Å². The van der Waals surface area contributed by atoms with Gasteiger partial charge in [-0.3, -0.25) is 0 Å². The van der Waals surface area contributed by atoms with Gasteiger partial charge in [-0.25, -0.2) is 4.79 Å². The van der Waals surface area contributed by atoms with Crippen LogP contribution in [0.3, 0.4) is 0 Å². The zero-order valence-electron chi connectivity index (χ0n) is 8.25. The van der Waals surface area contributed by atoms with Gasteiger partial charge in [0.25, 0.3) is 0 Å². The molecule has 0 heterocycles. The summed E-state index contributed by atoms with van der Waals surface area (Å²) in [4.78, 5) is 10.1. The molecule has 0 unspecified atom stereocenters. The Morgan fingerprint density at radius 2 is 2.15 bits per heavy atom. The zero-order chi connectivity index (χ0) is 9.94. The van der Waals surface area contributed by atoms with Gasteiger partial charge in [-0.1, -0.05) is 32.3 Å². The van der Waals surface area contributed by atoms with E-state index in [4.69, 9.17) is 5.11 Å². The molecule has 0 aliphatic rings. The monoisotopic (exact) mass is 185 g/mol. The van der Waals surface area contributed by atoms with E-state index in [0.29, 0.717) is 6.54 Å². The van der Waals surface area contributed by atoms with Gasteiger partial charge in [0, 0.05) is 12.6 Å². The predicted molar refractivity (Wildman–Crippen MR) is 53.8 cm³/mol. The molecule has 3 nitrogen and oxygen atoms in total. The summed E-state index contributed by atoms with van der Waals surface area (Å²) in [6.45, 7) is 3.81. The quantitative estimate of drug-likeness (QED) is 0.448. The molecule has 0 saturated carbocycles. The van der Waals surface area contributed by atoms with Gasteiger partial charge in [-0.05, 0) is 13.0 Å². The Balaban J connectivity index is 3.03. The second-order valence-electron chi connectivity index (χ2n) is 3.01. The van der Waals surface area contributed by atoms with Gasteiger partial charge in [0.15, 0.2) is 0 Å². The lowest BCUT2D eigenvalue weighted by Gasteiger charge is -1.99. The molecule has 0 aromatic carbocycles. The van der Waals surface area contributed by atoms with Crippen LogP contribution < -0.4 is 5.32 Å². The molecule has 0 fully saturated rings. The van der Waals surface area contributed by atoms with Crippen molar-refractivity contribution in [3.63, 3.8) is 0 Å².